The van der Waals surface area contributed by atoms with Gasteiger partial charge in [-0.2, -0.15) is 24.4 Å². The molecule has 1 aliphatic rings. The Balaban J connectivity index is 3.18. The summed E-state index contributed by atoms with van der Waals surface area (Å²) < 4.78 is 0. The number of aliphatic hydroxyl groups is 1. The molecule has 0 aromatic heterocycles. The molecule has 0 radical (unpaired) electrons. The molecule has 1 aliphatic heterocycles. The number of carbonyl (C=O) groups is 9. The first-order chi connectivity index (χ1) is 29.3. The Morgan fingerprint density at radius 3 is 1.60 bits per heavy atom. The summed E-state index contributed by atoms with van der Waals surface area (Å²) in [5, 5.41) is 43.9. The zero-order valence-corrected chi connectivity index (χ0v) is 37.5. The Morgan fingerprint density at radius 2 is 1.15 bits per heavy atom. The molecule has 0 aliphatic carbocycles. The molecule has 8 atom stereocenters. The number of aliphatic carboxylic acids is 2. The molecule has 354 valence electrons. The summed E-state index contributed by atoms with van der Waals surface area (Å²) in [6.07, 6.45) is 4.01. The Labute approximate surface area is 371 Å². The standard InChI is InChI=1S/C38H68N10O12S2/c1-21(2)17-26(37(58)48-15-8-11-29(48)38(59)60)45-33(54)24(10-5-7-14-40)43-35(56)27(19-49)46-36(57)28(20-61)47-34(55)25(12-16-62-3)44-32(53)23(9-4-6-13-39)42-31(52)22(41)18-30(50)51/h21-29,49,61H,4-20,39-41H2,1-3H3,(H,42,52)(H,43,56)(H,44,53)(H,45,54)(H,46,57)(H,47,55)(H,50,51)(H,59,60)/t22-,23-,24-,25-,26-,27-,28-,29-/m0/s1. The van der Waals surface area contributed by atoms with E-state index in [1.165, 1.54) is 16.7 Å². The molecule has 1 rings (SSSR count). The van der Waals surface area contributed by atoms with Crippen molar-refractivity contribution in [3.05, 3.63) is 0 Å². The highest BCUT2D eigenvalue weighted by Crippen LogP contribution is 2.21. The predicted octanol–water partition coefficient (Wildman–Crippen LogP) is -3.25. The Bertz CT molecular complexity index is 1510. The summed E-state index contributed by atoms with van der Waals surface area (Å²) in [7, 11) is 0. The molecule has 15 N–H and O–H groups in total. The molecule has 1 fully saturated rings. The fourth-order valence-electron chi connectivity index (χ4n) is 6.52. The molecule has 0 saturated carbocycles. The summed E-state index contributed by atoms with van der Waals surface area (Å²) in [5.74, 6) is -8.16. The van der Waals surface area contributed by atoms with Crippen molar-refractivity contribution < 1.29 is 58.5 Å². The quantitative estimate of drug-likeness (QED) is 0.0240. The monoisotopic (exact) mass is 920 g/mol. The van der Waals surface area contributed by atoms with E-state index in [1.807, 2.05) is 13.8 Å². The first-order valence-corrected chi connectivity index (χ1v) is 22.8. The van der Waals surface area contributed by atoms with Crippen LogP contribution in [0.15, 0.2) is 0 Å². The fraction of sp³-hybridized carbons (Fsp3) is 0.763. The van der Waals surface area contributed by atoms with Crippen molar-refractivity contribution in [2.75, 3.05) is 44.0 Å². The zero-order valence-electron chi connectivity index (χ0n) is 35.8. The topological polar surface area (TPSA) is 368 Å². The Morgan fingerprint density at radius 1 is 0.694 bits per heavy atom. The second-order valence-electron chi connectivity index (χ2n) is 15.4. The summed E-state index contributed by atoms with van der Waals surface area (Å²) in [6.45, 7) is 3.52. The van der Waals surface area contributed by atoms with Gasteiger partial charge in [0.05, 0.1) is 19.1 Å². The Hall–Kier alpha value is -4.23. The molecule has 22 nitrogen and oxygen atoms in total. The Kier molecular flexibility index (Phi) is 27.0. The van der Waals surface area contributed by atoms with E-state index >= 15 is 0 Å². The predicted molar refractivity (Wildman–Crippen MR) is 233 cm³/mol. The molecule has 0 aromatic rings. The van der Waals surface area contributed by atoms with Crippen molar-refractivity contribution in [3.63, 3.8) is 0 Å². The number of unbranched alkanes of at least 4 members (excludes halogenated alkanes) is 2. The number of nitrogens with two attached hydrogens (primary N) is 3. The second-order valence-corrected chi connectivity index (χ2v) is 16.8. The summed E-state index contributed by atoms with van der Waals surface area (Å²) in [6, 6.07) is -10.3. The van der Waals surface area contributed by atoms with Crippen LogP contribution in [0.4, 0.5) is 0 Å². The summed E-state index contributed by atoms with van der Waals surface area (Å²) in [4.78, 5) is 118. The lowest BCUT2D eigenvalue weighted by atomic mass is 10.0. The van der Waals surface area contributed by atoms with E-state index in [9.17, 15) is 53.4 Å². The minimum Gasteiger partial charge on any atom is -0.481 e. The van der Waals surface area contributed by atoms with Crippen LogP contribution in [-0.4, -0.2) is 166 Å². The number of carboxylic acid groups (broad SMARTS) is 2. The average Bonchev–Trinajstić information content (AvgIpc) is 3.72. The first-order valence-electron chi connectivity index (χ1n) is 20.8. The number of nitrogens with one attached hydrogen (secondary N) is 6. The van der Waals surface area contributed by atoms with E-state index in [1.54, 1.807) is 6.26 Å². The van der Waals surface area contributed by atoms with Gasteiger partial charge in [-0.15, -0.1) is 0 Å². The number of nitrogens with zero attached hydrogens (tertiary/aromatic N) is 1. The number of likely N-dealkylation sites (tertiary alicyclic amines) is 1. The van der Waals surface area contributed by atoms with E-state index in [2.05, 4.69) is 44.5 Å². The average molecular weight is 921 g/mol. The lowest BCUT2D eigenvalue weighted by Crippen LogP contribution is -2.61. The van der Waals surface area contributed by atoms with Crippen LogP contribution in [0.25, 0.3) is 0 Å². The molecule has 62 heavy (non-hydrogen) atoms. The van der Waals surface area contributed by atoms with Crippen LogP contribution in [0, 0.1) is 5.92 Å². The van der Waals surface area contributed by atoms with Gasteiger partial charge < -0.3 is 69.3 Å². The highest BCUT2D eigenvalue weighted by Gasteiger charge is 2.39. The van der Waals surface area contributed by atoms with Gasteiger partial charge in [-0.1, -0.05) is 13.8 Å². The van der Waals surface area contributed by atoms with Gasteiger partial charge in [0.2, 0.25) is 41.4 Å². The van der Waals surface area contributed by atoms with Gasteiger partial charge in [0.1, 0.15) is 42.3 Å². The molecule has 0 unspecified atom stereocenters. The molecular formula is C38H68N10O12S2. The second kappa shape index (κ2) is 30.0. The number of aliphatic hydroxyl groups excluding tert-OH is 1. The van der Waals surface area contributed by atoms with Gasteiger partial charge in [-0.25, -0.2) is 4.79 Å². The number of amides is 7. The molecule has 24 heteroatoms. The van der Waals surface area contributed by atoms with Crippen molar-refractivity contribution in [2.24, 2.45) is 23.1 Å². The maximum atomic E-state index is 13.7. The molecule has 0 spiro atoms. The molecular weight excluding hydrogens is 853 g/mol. The van der Waals surface area contributed by atoms with Crippen LogP contribution in [-0.2, 0) is 43.2 Å². The number of rotatable bonds is 31. The number of carboxylic acids is 2. The van der Waals surface area contributed by atoms with Crippen LogP contribution in [0.3, 0.4) is 0 Å². The lowest BCUT2D eigenvalue weighted by molar-refractivity contribution is -0.149. The molecule has 7 amide bonds. The van der Waals surface area contributed by atoms with Gasteiger partial charge in [0.15, 0.2) is 0 Å². The van der Waals surface area contributed by atoms with Crippen molar-refractivity contribution >= 4 is 77.7 Å². The van der Waals surface area contributed by atoms with Crippen molar-refractivity contribution in [1.29, 1.82) is 0 Å². The van der Waals surface area contributed by atoms with Crippen molar-refractivity contribution in [3.8, 4) is 0 Å². The van der Waals surface area contributed by atoms with E-state index < -0.39 is 115 Å². The van der Waals surface area contributed by atoms with Crippen LogP contribution >= 0.6 is 24.4 Å². The lowest BCUT2D eigenvalue weighted by Gasteiger charge is -2.30. The summed E-state index contributed by atoms with van der Waals surface area (Å²) >= 11 is 5.55. The number of thioether (sulfide) groups is 1. The minimum absolute atomic E-state index is 0.0656. The van der Waals surface area contributed by atoms with Crippen LogP contribution in [0.1, 0.15) is 84.5 Å². The smallest absolute Gasteiger partial charge is 0.326 e. The minimum atomic E-state index is -1.63. The highest BCUT2D eigenvalue weighted by molar-refractivity contribution is 7.98. The van der Waals surface area contributed by atoms with E-state index in [-0.39, 0.29) is 56.9 Å². The normalized spacial score (nSPS) is 17.0. The third kappa shape index (κ3) is 19.9. The maximum absolute atomic E-state index is 13.7. The number of hydrogen-bond donors (Lipinski definition) is 13. The summed E-state index contributed by atoms with van der Waals surface area (Å²) in [5.41, 5.74) is 16.9. The third-order valence-electron chi connectivity index (χ3n) is 9.91. The van der Waals surface area contributed by atoms with E-state index in [4.69, 9.17) is 22.3 Å². The maximum Gasteiger partial charge on any atom is 0.326 e. The van der Waals surface area contributed by atoms with Crippen molar-refractivity contribution in [2.45, 2.75) is 133 Å². The largest absolute Gasteiger partial charge is 0.481 e. The van der Waals surface area contributed by atoms with Crippen LogP contribution < -0.4 is 49.1 Å². The number of carbonyl (C=O) groups excluding carboxylic acids is 7. The SMILES string of the molecule is CSCC[C@H](NC(=O)[C@H](CCCCN)NC(=O)[C@@H](N)CC(=O)O)C(=O)N[C@@H](CS)C(=O)N[C@@H](CO)C(=O)N[C@@H](CCCCN)C(=O)N[C@@H](CC(C)C)C(=O)N1CCC[C@H]1C(=O)O. The third-order valence-corrected chi connectivity index (χ3v) is 10.9. The van der Waals surface area contributed by atoms with Crippen molar-refractivity contribution in [1.82, 2.24) is 36.8 Å². The molecule has 1 saturated heterocycles. The van der Waals surface area contributed by atoms with Gasteiger partial charge in [-0.3, -0.25) is 38.4 Å². The molecule has 0 aromatic carbocycles. The van der Waals surface area contributed by atoms with E-state index in [0.29, 0.717) is 44.4 Å². The highest BCUT2D eigenvalue weighted by atomic mass is 32.2. The number of thiol groups is 1. The van der Waals surface area contributed by atoms with Crippen LogP contribution in [0.2, 0.25) is 0 Å². The van der Waals surface area contributed by atoms with Crippen LogP contribution in [0.5, 0.6) is 0 Å². The molecule has 1 heterocycles. The zero-order chi connectivity index (χ0) is 46.9. The molecule has 0 bridgehead atoms. The van der Waals surface area contributed by atoms with Gasteiger partial charge >= 0.3 is 11.9 Å². The first kappa shape index (κ1) is 55.8. The van der Waals surface area contributed by atoms with Gasteiger partial charge in [-0.05, 0) is 95.2 Å². The fourth-order valence-corrected chi connectivity index (χ4v) is 7.25. The number of hydrogen-bond acceptors (Lipinski definition) is 15. The van der Waals surface area contributed by atoms with Gasteiger partial charge in [0, 0.05) is 12.3 Å². The van der Waals surface area contributed by atoms with Gasteiger partial charge in [0.25, 0.3) is 0 Å². The van der Waals surface area contributed by atoms with E-state index in [0.717, 1.165) is 0 Å².